The minimum absolute atomic E-state index is 0.546. The van der Waals surface area contributed by atoms with Gasteiger partial charge < -0.3 is 15.5 Å². The van der Waals surface area contributed by atoms with Crippen LogP contribution in [0.15, 0.2) is 60.7 Å². The van der Waals surface area contributed by atoms with E-state index in [1.54, 1.807) is 0 Å². The van der Waals surface area contributed by atoms with Crippen LogP contribution in [0.2, 0.25) is 0 Å². The van der Waals surface area contributed by atoms with Crippen LogP contribution in [0.3, 0.4) is 0 Å². The van der Waals surface area contributed by atoms with Gasteiger partial charge >= 0.3 is 0 Å². The molecule has 0 unspecified atom stereocenters. The molecule has 1 aliphatic carbocycles. The summed E-state index contributed by atoms with van der Waals surface area (Å²) in [4.78, 5) is 11.9. The third-order valence-corrected chi connectivity index (χ3v) is 5.57. The number of hydrogen-bond acceptors (Lipinski definition) is 5. The van der Waals surface area contributed by atoms with E-state index >= 15 is 0 Å². The van der Waals surface area contributed by atoms with Crippen LogP contribution in [-0.2, 0) is 0 Å². The molecule has 5 rings (SSSR count). The summed E-state index contributed by atoms with van der Waals surface area (Å²) in [5, 5.41) is 6.90. The quantitative estimate of drug-likeness (QED) is 0.591. The summed E-state index contributed by atoms with van der Waals surface area (Å²) in [5.41, 5.74) is 4.33. The number of nitrogens with one attached hydrogen (secondary N) is 2. The Morgan fingerprint density at radius 2 is 1.59 bits per heavy atom. The van der Waals surface area contributed by atoms with Gasteiger partial charge in [-0.05, 0) is 56.4 Å². The van der Waals surface area contributed by atoms with Crippen LogP contribution in [-0.4, -0.2) is 29.1 Å². The summed E-state index contributed by atoms with van der Waals surface area (Å²) in [6.45, 7) is 2.32. The van der Waals surface area contributed by atoms with Crippen molar-refractivity contribution >= 4 is 23.1 Å². The average molecular weight is 386 g/mol. The van der Waals surface area contributed by atoms with Gasteiger partial charge in [-0.1, -0.05) is 30.3 Å². The van der Waals surface area contributed by atoms with E-state index in [4.69, 9.17) is 9.97 Å². The van der Waals surface area contributed by atoms with Gasteiger partial charge in [-0.2, -0.15) is 4.98 Å². The molecule has 3 aromatic rings. The largest absolute Gasteiger partial charge is 0.372 e. The molecule has 2 fully saturated rings. The minimum atomic E-state index is 0.546. The van der Waals surface area contributed by atoms with Gasteiger partial charge in [0.15, 0.2) is 0 Å². The third-order valence-electron chi connectivity index (χ3n) is 5.57. The fraction of sp³-hybridized carbons (Fsp3) is 0.333. The number of aromatic nitrogens is 2. The van der Waals surface area contributed by atoms with Crippen LogP contribution >= 0.6 is 0 Å². The van der Waals surface area contributed by atoms with Gasteiger partial charge in [0, 0.05) is 42.1 Å². The number of anilines is 4. The standard InChI is InChI=1S/C24H27N5/c1-3-7-18(8-4-1)22-17-23(25-19-9-10-19)28-24(27-22)26-20-11-13-21(14-12-20)29-15-5-2-6-16-29/h1,3-4,7-8,11-14,17,19H,2,5-6,9-10,15-16H2,(H2,25,26,27,28). The fourth-order valence-electron chi connectivity index (χ4n) is 3.81. The molecule has 1 aliphatic heterocycles. The summed E-state index contributed by atoms with van der Waals surface area (Å²) in [5.74, 6) is 1.51. The van der Waals surface area contributed by atoms with E-state index in [0.717, 1.165) is 35.9 Å². The number of hydrogen-bond donors (Lipinski definition) is 2. The van der Waals surface area contributed by atoms with Crippen molar-refractivity contribution in [3.63, 3.8) is 0 Å². The second-order valence-corrected chi connectivity index (χ2v) is 7.97. The molecule has 1 saturated heterocycles. The zero-order chi connectivity index (χ0) is 19.5. The zero-order valence-corrected chi connectivity index (χ0v) is 16.6. The molecule has 148 valence electrons. The molecular weight excluding hydrogens is 358 g/mol. The second-order valence-electron chi connectivity index (χ2n) is 7.97. The number of nitrogens with zero attached hydrogens (tertiary/aromatic N) is 3. The van der Waals surface area contributed by atoms with Gasteiger partial charge in [-0.25, -0.2) is 4.98 Å². The van der Waals surface area contributed by atoms with Gasteiger partial charge in [-0.15, -0.1) is 0 Å². The topological polar surface area (TPSA) is 53.1 Å². The molecule has 1 aromatic heterocycles. The van der Waals surface area contributed by atoms with Gasteiger partial charge in [0.2, 0.25) is 5.95 Å². The van der Waals surface area contributed by atoms with Crippen molar-refractivity contribution in [3.05, 3.63) is 60.7 Å². The highest BCUT2D eigenvalue weighted by Gasteiger charge is 2.22. The Balaban J connectivity index is 1.38. The molecule has 1 saturated carbocycles. The van der Waals surface area contributed by atoms with E-state index in [9.17, 15) is 0 Å². The fourth-order valence-corrected chi connectivity index (χ4v) is 3.81. The maximum atomic E-state index is 4.77. The molecule has 2 aromatic carbocycles. The molecule has 0 radical (unpaired) electrons. The van der Waals surface area contributed by atoms with Crippen molar-refractivity contribution in [2.75, 3.05) is 28.6 Å². The third kappa shape index (κ3) is 4.50. The summed E-state index contributed by atoms with van der Waals surface area (Å²) in [7, 11) is 0. The molecule has 0 spiro atoms. The number of benzene rings is 2. The van der Waals surface area contributed by atoms with Crippen molar-refractivity contribution in [1.29, 1.82) is 0 Å². The predicted octanol–water partition coefficient (Wildman–Crippen LogP) is 5.45. The molecule has 0 amide bonds. The van der Waals surface area contributed by atoms with Crippen molar-refractivity contribution in [3.8, 4) is 11.3 Å². The maximum absolute atomic E-state index is 4.77. The van der Waals surface area contributed by atoms with Crippen LogP contribution in [0.5, 0.6) is 0 Å². The smallest absolute Gasteiger partial charge is 0.229 e. The molecule has 5 heteroatoms. The summed E-state index contributed by atoms with van der Waals surface area (Å²) in [6, 6.07) is 21.5. The minimum Gasteiger partial charge on any atom is -0.372 e. The molecule has 2 heterocycles. The lowest BCUT2D eigenvalue weighted by atomic mass is 10.1. The van der Waals surface area contributed by atoms with E-state index < -0.39 is 0 Å². The normalized spacial score (nSPS) is 16.5. The number of piperidine rings is 1. The Labute approximate surface area is 172 Å². The Kier molecular flexibility index (Phi) is 5.03. The van der Waals surface area contributed by atoms with E-state index in [1.807, 2.05) is 24.3 Å². The van der Waals surface area contributed by atoms with Crippen molar-refractivity contribution in [2.45, 2.75) is 38.1 Å². The Morgan fingerprint density at radius 1 is 0.828 bits per heavy atom. The first-order valence-corrected chi connectivity index (χ1v) is 10.7. The second kappa shape index (κ2) is 8.11. The highest BCUT2D eigenvalue weighted by Crippen LogP contribution is 2.28. The zero-order valence-electron chi connectivity index (χ0n) is 16.6. The van der Waals surface area contributed by atoms with Gasteiger partial charge in [-0.3, -0.25) is 0 Å². The molecule has 0 atom stereocenters. The van der Waals surface area contributed by atoms with Crippen LogP contribution < -0.4 is 15.5 Å². The molecule has 0 bridgehead atoms. The molecule has 29 heavy (non-hydrogen) atoms. The monoisotopic (exact) mass is 385 g/mol. The highest BCUT2D eigenvalue weighted by molar-refractivity contribution is 5.67. The first-order chi connectivity index (χ1) is 14.3. The average Bonchev–Trinajstić information content (AvgIpc) is 3.59. The van der Waals surface area contributed by atoms with Crippen molar-refractivity contribution < 1.29 is 0 Å². The summed E-state index contributed by atoms with van der Waals surface area (Å²) < 4.78 is 0. The Hall–Kier alpha value is -3.08. The predicted molar refractivity (Wildman–Crippen MR) is 120 cm³/mol. The van der Waals surface area contributed by atoms with Crippen LogP contribution in [0, 0.1) is 0 Å². The first-order valence-electron chi connectivity index (χ1n) is 10.7. The Bertz CT molecular complexity index is 945. The highest BCUT2D eigenvalue weighted by atomic mass is 15.2. The molecular formula is C24H27N5. The molecule has 2 aliphatic rings. The molecule has 2 N–H and O–H groups in total. The summed E-state index contributed by atoms with van der Waals surface area (Å²) in [6.07, 6.45) is 6.35. The first kappa shape index (κ1) is 18.0. The van der Waals surface area contributed by atoms with E-state index in [2.05, 4.69) is 51.9 Å². The van der Waals surface area contributed by atoms with E-state index in [1.165, 1.54) is 37.8 Å². The van der Waals surface area contributed by atoms with Crippen LogP contribution in [0.1, 0.15) is 32.1 Å². The lowest BCUT2D eigenvalue weighted by Gasteiger charge is -2.28. The van der Waals surface area contributed by atoms with Gasteiger partial charge in [0.1, 0.15) is 5.82 Å². The lowest BCUT2D eigenvalue weighted by molar-refractivity contribution is 0.578. The van der Waals surface area contributed by atoms with E-state index in [-0.39, 0.29) is 0 Å². The maximum Gasteiger partial charge on any atom is 0.229 e. The Morgan fingerprint density at radius 3 is 2.31 bits per heavy atom. The van der Waals surface area contributed by atoms with Crippen molar-refractivity contribution in [1.82, 2.24) is 9.97 Å². The number of rotatable bonds is 6. The summed E-state index contributed by atoms with van der Waals surface area (Å²) >= 11 is 0. The molecule has 5 nitrogen and oxygen atoms in total. The van der Waals surface area contributed by atoms with Gasteiger partial charge in [0.25, 0.3) is 0 Å². The van der Waals surface area contributed by atoms with E-state index in [0.29, 0.717) is 12.0 Å². The van der Waals surface area contributed by atoms with Crippen molar-refractivity contribution in [2.24, 2.45) is 0 Å². The lowest BCUT2D eigenvalue weighted by Crippen LogP contribution is -2.29. The van der Waals surface area contributed by atoms with Crippen LogP contribution in [0.25, 0.3) is 11.3 Å². The van der Waals surface area contributed by atoms with Crippen LogP contribution in [0.4, 0.5) is 23.1 Å². The van der Waals surface area contributed by atoms with Gasteiger partial charge in [0.05, 0.1) is 5.69 Å². The SMILES string of the molecule is c1ccc(-c2cc(NC3CC3)nc(Nc3ccc(N4CCCCC4)cc3)n2)cc1.